The quantitative estimate of drug-likeness (QED) is 0.829. The molecule has 106 valence electrons. The van der Waals surface area contributed by atoms with Gasteiger partial charge in [0.25, 0.3) is 0 Å². The molecule has 1 saturated carbocycles. The number of likely N-dealkylation sites (tertiary alicyclic amines) is 1. The van der Waals surface area contributed by atoms with Crippen molar-refractivity contribution < 1.29 is 9.59 Å². The van der Waals surface area contributed by atoms with E-state index in [2.05, 4.69) is 12.1 Å². The molecule has 1 aliphatic heterocycles. The summed E-state index contributed by atoms with van der Waals surface area (Å²) < 4.78 is 0. The van der Waals surface area contributed by atoms with E-state index in [1.807, 2.05) is 23.1 Å². The van der Waals surface area contributed by atoms with E-state index in [0.29, 0.717) is 25.9 Å². The van der Waals surface area contributed by atoms with Crippen molar-refractivity contribution in [3.8, 4) is 0 Å². The van der Waals surface area contributed by atoms with Crippen molar-refractivity contribution in [1.29, 1.82) is 0 Å². The molecule has 2 fully saturated rings. The average Bonchev–Trinajstić information content (AvgIpc) is 2.99. The minimum absolute atomic E-state index is 0.244. The Hall–Kier alpha value is -1.64. The lowest BCUT2D eigenvalue weighted by atomic mass is 9.77. The van der Waals surface area contributed by atoms with Gasteiger partial charge in [0, 0.05) is 25.9 Å². The van der Waals surface area contributed by atoms with Gasteiger partial charge in [-0.2, -0.15) is 0 Å². The van der Waals surface area contributed by atoms with Crippen molar-refractivity contribution in [3.63, 3.8) is 0 Å². The van der Waals surface area contributed by atoms with Gasteiger partial charge in [0.05, 0.1) is 5.41 Å². The van der Waals surface area contributed by atoms with Crippen molar-refractivity contribution in [1.82, 2.24) is 4.90 Å². The first-order valence-corrected chi connectivity index (χ1v) is 7.59. The third-order valence-corrected chi connectivity index (χ3v) is 4.80. The highest BCUT2D eigenvalue weighted by molar-refractivity contribution is 5.90. The van der Waals surface area contributed by atoms with Crippen molar-refractivity contribution >= 4 is 11.7 Å². The van der Waals surface area contributed by atoms with Crippen LogP contribution in [-0.4, -0.2) is 29.7 Å². The number of benzene rings is 1. The van der Waals surface area contributed by atoms with Crippen molar-refractivity contribution in [2.24, 2.45) is 0 Å². The molecule has 0 atom stereocenters. The molecule has 0 aromatic heterocycles. The second-order valence-corrected chi connectivity index (χ2v) is 5.99. The Balaban J connectivity index is 1.87. The van der Waals surface area contributed by atoms with E-state index in [9.17, 15) is 9.59 Å². The van der Waals surface area contributed by atoms with Crippen molar-refractivity contribution in [2.75, 3.05) is 13.1 Å². The van der Waals surface area contributed by atoms with Gasteiger partial charge in [-0.3, -0.25) is 9.59 Å². The summed E-state index contributed by atoms with van der Waals surface area (Å²) >= 11 is 0. The second kappa shape index (κ2) is 5.39. The maximum Gasteiger partial charge on any atom is 0.233 e. The minimum Gasteiger partial charge on any atom is -0.341 e. The molecule has 0 unspecified atom stereocenters. The van der Waals surface area contributed by atoms with E-state index >= 15 is 0 Å². The van der Waals surface area contributed by atoms with Crippen LogP contribution < -0.4 is 0 Å². The van der Waals surface area contributed by atoms with Crippen LogP contribution >= 0.6 is 0 Å². The van der Waals surface area contributed by atoms with Gasteiger partial charge in [-0.25, -0.2) is 0 Å². The summed E-state index contributed by atoms with van der Waals surface area (Å²) in [5.41, 5.74) is 0.821. The molecule has 0 bridgehead atoms. The maximum absolute atomic E-state index is 13.0. The van der Waals surface area contributed by atoms with Gasteiger partial charge in [0.15, 0.2) is 0 Å². The highest BCUT2D eigenvalue weighted by atomic mass is 16.2. The molecule has 0 N–H and O–H groups in total. The Morgan fingerprint density at radius 3 is 2.20 bits per heavy atom. The molecule has 3 nitrogen and oxygen atoms in total. The van der Waals surface area contributed by atoms with E-state index in [1.165, 1.54) is 0 Å². The first kappa shape index (κ1) is 13.3. The lowest BCUT2D eigenvalue weighted by Gasteiger charge is -2.36. The van der Waals surface area contributed by atoms with Gasteiger partial charge in [-0.1, -0.05) is 43.2 Å². The molecule has 20 heavy (non-hydrogen) atoms. The largest absolute Gasteiger partial charge is 0.341 e. The summed E-state index contributed by atoms with van der Waals surface area (Å²) in [7, 11) is 0. The fourth-order valence-corrected chi connectivity index (χ4v) is 3.62. The molecule has 3 heteroatoms. The van der Waals surface area contributed by atoms with Crippen LogP contribution in [0.1, 0.15) is 44.1 Å². The monoisotopic (exact) mass is 271 g/mol. The van der Waals surface area contributed by atoms with Gasteiger partial charge < -0.3 is 4.90 Å². The third kappa shape index (κ3) is 2.26. The lowest BCUT2D eigenvalue weighted by Crippen LogP contribution is -2.48. The number of rotatable bonds is 2. The summed E-state index contributed by atoms with van der Waals surface area (Å²) in [5.74, 6) is 0.530. The summed E-state index contributed by atoms with van der Waals surface area (Å²) in [4.78, 5) is 26.3. The number of nitrogens with zero attached hydrogens (tertiary/aromatic N) is 1. The summed E-state index contributed by atoms with van der Waals surface area (Å²) in [6.07, 6.45) is 5.18. The van der Waals surface area contributed by atoms with Crippen LogP contribution in [0.2, 0.25) is 0 Å². The Morgan fingerprint density at radius 1 is 1.00 bits per heavy atom. The Kier molecular flexibility index (Phi) is 3.60. The van der Waals surface area contributed by atoms with E-state index in [4.69, 9.17) is 0 Å². The highest BCUT2D eigenvalue weighted by Crippen LogP contribution is 2.42. The molecular formula is C17H21NO2. The van der Waals surface area contributed by atoms with Gasteiger partial charge in [0.2, 0.25) is 5.91 Å². The molecular weight excluding hydrogens is 250 g/mol. The van der Waals surface area contributed by atoms with Gasteiger partial charge >= 0.3 is 0 Å². The molecule has 1 aromatic carbocycles. The maximum atomic E-state index is 13.0. The first-order valence-electron chi connectivity index (χ1n) is 7.59. The molecule has 2 aliphatic rings. The number of carbonyl (C=O) groups is 2. The number of piperidine rings is 1. The van der Waals surface area contributed by atoms with Crippen LogP contribution in [0.5, 0.6) is 0 Å². The molecule has 1 amide bonds. The molecule has 1 aromatic rings. The van der Waals surface area contributed by atoms with E-state index in [0.717, 1.165) is 31.2 Å². The Morgan fingerprint density at radius 2 is 1.60 bits per heavy atom. The predicted molar refractivity (Wildman–Crippen MR) is 77.4 cm³/mol. The summed E-state index contributed by atoms with van der Waals surface area (Å²) in [6.45, 7) is 1.21. The Bertz CT molecular complexity index is 493. The van der Waals surface area contributed by atoms with Crippen LogP contribution in [0.15, 0.2) is 30.3 Å². The molecule has 1 saturated heterocycles. The van der Waals surface area contributed by atoms with Gasteiger partial charge in [-0.15, -0.1) is 0 Å². The number of hydrogen-bond donors (Lipinski definition) is 0. The smallest absolute Gasteiger partial charge is 0.233 e. The normalized spacial score (nSPS) is 22.0. The fraction of sp³-hybridized carbons (Fsp3) is 0.529. The van der Waals surface area contributed by atoms with E-state index in [-0.39, 0.29) is 17.1 Å². The zero-order chi connectivity index (χ0) is 14.0. The van der Waals surface area contributed by atoms with E-state index in [1.54, 1.807) is 0 Å². The summed E-state index contributed by atoms with van der Waals surface area (Å²) in [5, 5.41) is 0. The standard InChI is InChI=1S/C17H21NO2/c19-15-8-12-18(13-9-15)16(20)17(10-4-5-11-17)14-6-2-1-3-7-14/h1-3,6-7H,4-5,8-13H2. The molecule has 3 rings (SSSR count). The van der Waals surface area contributed by atoms with Crippen LogP contribution in [0.25, 0.3) is 0 Å². The number of carbonyl (C=O) groups excluding carboxylic acids is 2. The number of amides is 1. The zero-order valence-electron chi connectivity index (χ0n) is 11.8. The van der Waals surface area contributed by atoms with Gasteiger partial charge in [0.1, 0.15) is 5.78 Å². The fourth-order valence-electron chi connectivity index (χ4n) is 3.62. The average molecular weight is 271 g/mol. The highest BCUT2D eigenvalue weighted by Gasteiger charge is 2.45. The second-order valence-electron chi connectivity index (χ2n) is 5.99. The molecule has 1 aliphatic carbocycles. The van der Waals surface area contributed by atoms with Crippen LogP contribution in [0, 0.1) is 0 Å². The molecule has 0 spiro atoms. The zero-order valence-corrected chi connectivity index (χ0v) is 11.8. The molecule has 0 radical (unpaired) electrons. The van der Waals surface area contributed by atoms with Crippen molar-refractivity contribution in [2.45, 2.75) is 43.9 Å². The number of Topliss-reactive ketones (excluding diaryl/α,β-unsaturated/α-hetero) is 1. The first-order chi connectivity index (χ1) is 9.72. The minimum atomic E-state index is -0.332. The van der Waals surface area contributed by atoms with Crippen molar-refractivity contribution in [3.05, 3.63) is 35.9 Å². The van der Waals surface area contributed by atoms with Crippen LogP contribution in [-0.2, 0) is 15.0 Å². The van der Waals surface area contributed by atoms with Gasteiger partial charge in [-0.05, 0) is 18.4 Å². The lowest BCUT2D eigenvalue weighted by molar-refractivity contribution is -0.140. The summed E-state index contributed by atoms with van der Waals surface area (Å²) in [6, 6.07) is 10.2. The van der Waals surface area contributed by atoms with E-state index < -0.39 is 0 Å². The van der Waals surface area contributed by atoms with Crippen LogP contribution in [0.4, 0.5) is 0 Å². The third-order valence-electron chi connectivity index (χ3n) is 4.80. The molecule has 1 heterocycles. The Labute approximate surface area is 120 Å². The predicted octanol–water partition coefficient (Wildman–Crippen LogP) is 2.69. The number of hydrogen-bond acceptors (Lipinski definition) is 2. The topological polar surface area (TPSA) is 37.4 Å². The SMILES string of the molecule is O=C1CCN(C(=O)C2(c3ccccc3)CCCC2)CC1. The van der Waals surface area contributed by atoms with Crippen LogP contribution in [0.3, 0.4) is 0 Å². The number of ketones is 1.